The first-order chi connectivity index (χ1) is 12.3. The SMILES string of the molecule is CC(C)(C)OC(=O)NCC(Sc1cc(Cl)ccc1C#N)c1cccnc1. The molecule has 1 N–H and O–H groups in total. The van der Waals surface area contributed by atoms with Gasteiger partial charge in [-0.2, -0.15) is 5.26 Å². The number of amides is 1. The largest absolute Gasteiger partial charge is 0.444 e. The smallest absolute Gasteiger partial charge is 0.407 e. The Morgan fingerprint density at radius 1 is 1.42 bits per heavy atom. The Morgan fingerprint density at radius 3 is 2.81 bits per heavy atom. The van der Waals surface area contributed by atoms with Gasteiger partial charge in [0.25, 0.3) is 0 Å². The molecule has 2 rings (SSSR count). The maximum atomic E-state index is 12.0. The van der Waals surface area contributed by atoms with Crippen molar-refractivity contribution in [2.45, 2.75) is 36.5 Å². The fraction of sp³-hybridized carbons (Fsp3) is 0.316. The minimum Gasteiger partial charge on any atom is -0.444 e. The van der Waals surface area contributed by atoms with Gasteiger partial charge in [0.15, 0.2) is 0 Å². The van der Waals surface area contributed by atoms with Crippen LogP contribution in [0.5, 0.6) is 0 Å². The van der Waals surface area contributed by atoms with Gasteiger partial charge >= 0.3 is 6.09 Å². The van der Waals surface area contributed by atoms with E-state index in [0.717, 1.165) is 10.5 Å². The number of halogens is 1. The van der Waals surface area contributed by atoms with Gasteiger partial charge in [0.2, 0.25) is 0 Å². The summed E-state index contributed by atoms with van der Waals surface area (Å²) < 4.78 is 5.29. The van der Waals surface area contributed by atoms with Crippen molar-refractivity contribution in [3.63, 3.8) is 0 Å². The first kappa shape index (κ1) is 20.1. The molecule has 1 heterocycles. The predicted molar refractivity (Wildman–Crippen MR) is 103 cm³/mol. The number of nitrogens with one attached hydrogen (secondary N) is 1. The lowest BCUT2D eigenvalue weighted by molar-refractivity contribution is 0.0528. The van der Waals surface area contributed by atoms with E-state index in [0.29, 0.717) is 17.1 Å². The Hall–Kier alpha value is -2.23. The highest BCUT2D eigenvalue weighted by Crippen LogP contribution is 2.37. The molecule has 5 nitrogen and oxygen atoms in total. The molecule has 1 aromatic heterocycles. The number of nitriles is 1. The summed E-state index contributed by atoms with van der Waals surface area (Å²) in [5.74, 6) is 0. The molecule has 0 aliphatic carbocycles. The normalized spacial score (nSPS) is 12.1. The second-order valence-electron chi connectivity index (χ2n) is 6.53. The lowest BCUT2D eigenvalue weighted by Crippen LogP contribution is -2.34. The van der Waals surface area contributed by atoms with Gasteiger partial charge in [-0.15, -0.1) is 11.8 Å². The average Bonchev–Trinajstić information content (AvgIpc) is 2.58. The van der Waals surface area contributed by atoms with Crippen LogP contribution in [0.25, 0.3) is 0 Å². The molecule has 26 heavy (non-hydrogen) atoms. The van der Waals surface area contributed by atoms with Gasteiger partial charge in [0.05, 0.1) is 10.8 Å². The second-order valence-corrected chi connectivity index (χ2v) is 8.21. The van der Waals surface area contributed by atoms with Gasteiger partial charge in [-0.25, -0.2) is 4.79 Å². The van der Waals surface area contributed by atoms with Gasteiger partial charge in [-0.1, -0.05) is 17.7 Å². The molecule has 1 aromatic carbocycles. The Kier molecular flexibility index (Phi) is 6.90. The first-order valence-electron chi connectivity index (χ1n) is 8.01. The van der Waals surface area contributed by atoms with Crippen molar-refractivity contribution in [1.82, 2.24) is 10.3 Å². The molecule has 7 heteroatoms. The number of hydrogen-bond acceptors (Lipinski definition) is 5. The maximum Gasteiger partial charge on any atom is 0.407 e. The van der Waals surface area contributed by atoms with Gasteiger partial charge in [-0.05, 0) is 50.6 Å². The summed E-state index contributed by atoms with van der Waals surface area (Å²) in [6, 6.07) is 11.1. The van der Waals surface area contributed by atoms with Crippen LogP contribution in [0.1, 0.15) is 37.1 Å². The number of carbonyl (C=O) groups excluding carboxylic acids is 1. The molecule has 136 valence electrons. The molecule has 0 bridgehead atoms. The first-order valence-corrected chi connectivity index (χ1v) is 9.27. The van der Waals surface area contributed by atoms with Crippen molar-refractivity contribution in [2.75, 3.05) is 6.54 Å². The molecular weight excluding hydrogens is 370 g/mol. The molecule has 0 aliphatic heterocycles. The Bertz CT molecular complexity index is 801. The van der Waals surface area contributed by atoms with Crippen LogP contribution in [-0.2, 0) is 4.74 Å². The van der Waals surface area contributed by atoms with Crippen molar-refractivity contribution in [3.05, 3.63) is 58.9 Å². The number of rotatable bonds is 5. The zero-order valence-corrected chi connectivity index (χ0v) is 16.4. The number of hydrogen-bond donors (Lipinski definition) is 1. The van der Waals surface area contributed by atoms with Gasteiger partial charge in [0.1, 0.15) is 11.7 Å². The molecule has 0 saturated heterocycles. The van der Waals surface area contributed by atoms with Crippen LogP contribution in [-0.4, -0.2) is 23.2 Å². The lowest BCUT2D eigenvalue weighted by atomic mass is 10.2. The van der Waals surface area contributed by atoms with Gasteiger partial charge < -0.3 is 10.1 Å². The third-order valence-electron chi connectivity index (χ3n) is 3.22. The molecule has 0 fully saturated rings. The van der Waals surface area contributed by atoms with E-state index in [-0.39, 0.29) is 5.25 Å². The Labute approximate surface area is 162 Å². The zero-order valence-electron chi connectivity index (χ0n) is 14.8. The minimum absolute atomic E-state index is 0.151. The number of thioether (sulfide) groups is 1. The summed E-state index contributed by atoms with van der Waals surface area (Å²) >= 11 is 7.53. The summed E-state index contributed by atoms with van der Waals surface area (Å²) in [7, 11) is 0. The summed E-state index contributed by atoms with van der Waals surface area (Å²) in [5.41, 5.74) is 0.894. The standard InChI is InChI=1S/C19H20ClN3O2S/c1-19(2,3)25-18(24)23-12-17(14-5-4-8-22-11-14)26-16-9-15(20)7-6-13(16)10-21/h4-9,11,17H,12H2,1-3H3,(H,23,24). The van der Waals surface area contributed by atoms with E-state index in [1.54, 1.807) is 30.6 Å². The average molecular weight is 390 g/mol. The lowest BCUT2D eigenvalue weighted by Gasteiger charge is -2.22. The van der Waals surface area contributed by atoms with E-state index in [2.05, 4.69) is 16.4 Å². The van der Waals surface area contributed by atoms with Gasteiger partial charge in [-0.3, -0.25) is 4.98 Å². The topological polar surface area (TPSA) is 75.0 Å². The second kappa shape index (κ2) is 8.93. The van der Waals surface area contributed by atoms with E-state index in [4.69, 9.17) is 16.3 Å². The van der Waals surface area contributed by atoms with Crippen LogP contribution in [0, 0.1) is 11.3 Å². The fourth-order valence-electron chi connectivity index (χ4n) is 2.12. The van der Waals surface area contributed by atoms with Gasteiger partial charge in [0, 0.05) is 28.9 Å². The van der Waals surface area contributed by atoms with E-state index < -0.39 is 11.7 Å². The Morgan fingerprint density at radius 2 is 2.19 bits per heavy atom. The molecule has 0 saturated carbocycles. The third-order valence-corrected chi connectivity index (χ3v) is 4.77. The highest BCUT2D eigenvalue weighted by Gasteiger charge is 2.20. The third kappa shape index (κ3) is 6.25. The number of nitrogens with zero attached hydrogens (tertiary/aromatic N) is 2. The monoisotopic (exact) mass is 389 g/mol. The fourth-order valence-corrected chi connectivity index (χ4v) is 3.54. The van der Waals surface area contributed by atoms with E-state index >= 15 is 0 Å². The van der Waals surface area contributed by atoms with Crippen LogP contribution in [0.15, 0.2) is 47.6 Å². The molecule has 0 radical (unpaired) electrons. The highest BCUT2D eigenvalue weighted by molar-refractivity contribution is 7.99. The molecule has 0 aliphatic rings. The molecule has 1 amide bonds. The molecule has 1 unspecified atom stereocenters. The van der Waals surface area contributed by atoms with Crippen molar-refractivity contribution < 1.29 is 9.53 Å². The van der Waals surface area contributed by atoms with Crippen molar-refractivity contribution in [3.8, 4) is 6.07 Å². The number of alkyl carbamates (subject to hydrolysis) is 1. The maximum absolute atomic E-state index is 12.0. The van der Waals surface area contributed by atoms with Crippen LogP contribution in [0.2, 0.25) is 5.02 Å². The van der Waals surface area contributed by atoms with Crippen LogP contribution >= 0.6 is 23.4 Å². The zero-order chi connectivity index (χ0) is 19.2. The van der Waals surface area contributed by atoms with Crippen molar-refractivity contribution in [1.29, 1.82) is 5.26 Å². The van der Waals surface area contributed by atoms with E-state index in [9.17, 15) is 10.1 Å². The molecule has 2 aromatic rings. The van der Waals surface area contributed by atoms with Crippen molar-refractivity contribution >= 4 is 29.5 Å². The summed E-state index contributed by atoms with van der Waals surface area (Å²) in [6.07, 6.45) is 2.94. The van der Waals surface area contributed by atoms with E-state index in [1.165, 1.54) is 11.8 Å². The number of benzene rings is 1. The quantitative estimate of drug-likeness (QED) is 0.731. The molecular formula is C19H20ClN3O2S. The van der Waals surface area contributed by atoms with Crippen molar-refractivity contribution in [2.24, 2.45) is 0 Å². The highest BCUT2D eigenvalue weighted by atomic mass is 35.5. The predicted octanol–water partition coefficient (Wildman–Crippen LogP) is 4.96. The summed E-state index contributed by atoms with van der Waals surface area (Å²) in [4.78, 5) is 16.9. The van der Waals surface area contributed by atoms with Crippen LogP contribution in [0.3, 0.4) is 0 Å². The Balaban J connectivity index is 2.19. The van der Waals surface area contributed by atoms with Crippen LogP contribution < -0.4 is 5.32 Å². The number of ether oxygens (including phenoxy) is 1. The van der Waals surface area contributed by atoms with E-state index in [1.807, 2.05) is 32.9 Å². The summed E-state index contributed by atoms with van der Waals surface area (Å²) in [5, 5.41) is 12.5. The number of carbonyl (C=O) groups is 1. The number of aromatic nitrogens is 1. The molecule has 1 atom stereocenters. The summed E-state index contributed by atoms with van der Waals surface area (Å²) in [6.45, 7) is 5.75. The minimum atomic E-state index is -0.568. The number of pyridine rings is 1. The van der Waals surface area contributed by atoms with Crippen LogP contribution in [0.4, 0.5) is 4.79 Å². The molecule has 0 spiro atoms.